The van der Waals surface area contributed by atoms with Crippen molar-refractivity contribution >= 4 is 34.3 Å². The Morgan fingerprint density at radius 1 is 1.05 bits per heavy atom. The molecule has 5 aromatic rings. The Morgan fingerprint density at radius 3 is 2.56 bits per heavy atom. The van der Waals surface area contributed by atoms with Crippen LogP contribution in [0.2, 0.25) is 0 Å². The highest BCUT2D eigenvalue weighted by molar-refractivity contribution is 7.07. The van der Waals surface area contributed by atoms with E-state index in [-0.39, 0.29) is 12.2 Å². The molecule has 2 aromatic heterocycles. The van der Waals surface area contributed by atoms with Gasteiger partial charge in [0.15, 0.2) is 4.80 Å². The van der Waals surface area contributed by atoms with E-state index in [1.165, 1.54) is 11.3 Å². The van der Waals surface area contributed by atoms with Gasteiger partial charge in [0.1, 0.15) is 11.8 Å². The molecule has 0 unspecified atom stereocenters. The summed E-state index contributed by atoms with van der Waals surface area (Å²) in [5, 5.41) is 1.03. The zero-order valence-corrected chi connectivity index (χ0v) is 24.0. The van der Waals surface area contributed by atoms with Gasteiger partial charge in [-0.3, -0.25) is 9.36 Å². The first-order valence-corrected chi connectivity index (χ1v) is 14.2. The molecular formula is C33H29N3O4S. The minimum atomic E-state index is -0.748. The normalized spacial score (nSPS) is 15.1. The van der Waals surface area contributed by atoms with Gasteiger partial charge in [0.25, 0.3) is 5.56 Å². The van der Waals surface area contributed by atoms with E-state index in [2.05, 4.69) is 36.2 Å². The number of para-hydroxylation sites is 2. The van der Waals surface area contributed by atoms with Crippen LogP contribution in [-0.4, -0.2) is 29.2 Å². The van der Waals surface area contributed by atoms with Crippen molar-refractivity contribution in [3.8, 4) is 17.0 Å². The van der Waals surface area contributed by atoms with Gasteiger partial charge in [-0.1, -0.05) is 78.1 Å². The van der Waals surface area contributed by atoms with Crippen LogP contribution in [0.25, 0.3) is 28.2 Å². The second-order valence-corrected chi connectivity index (χ2v) is 10.8. The molecule has 0 saturated heterocycles. The number of H-pyrrole nitrogens is 1. The molecule has 1 atom stereocenters. The number of carbonyl (C=O) groups excluding carboxylic acids is 1. The molecule has 1 aliphatic heterocycles. The van der Waals surface area contributed by atoms with Crippen molar-refractivity contribution in [1.82, 2.24) is 9.55 Å². The molecule has 1 aliphatic rings. The van der Waals surface area contributed by atoms with E-state index in [0.29, 0.717) is 31.9 Å². The van der Waals surface area contributed by atoms with Crippen LogP contribution in [0.1, 0.15) is 36.6 Å². The third kappa shape index (κ3) is 4.50. The van der Waals surface area contributed by atoms with E-state index >= 15 is 0 Å². The smallest absolute Gasteiger partial charge is 0.338 e. The Hall–Kier alpha value is -4.69. The number of fused-ring (bicyclic) bond motifs is 2. The van der Waals surface area contributed by atoms with Gasteiger partial charge in [-0.25, -0.2) is 9.79 Å². The van der Waals surface area contributed by atoms with Gasteiger partial charge in [-0.15, -0.1) is 0 Å². The summed E-state index contributed by atoms with van der Waals surface area (Å²) in [6, 6.07) is 22.9. The van der Waals surface area contributed by atoms with E-state index in [0.717, 1.165) is 33.3 Å². The van der Waals surface area contributed by atoms with Crippen LogP contribution in [0, 0.1) is 6.92 Å². The number of esters is 1. The van der Waals surface area contributed by atoms with Gasteiger partial charge >= 0.3 is 5.97 Å². The van der Waals surface area contributed by atoms with Gasteiger partial charge in [-0.05, 0) is 44.0 Å². The number of thiazole rings is 1. The monoisotopic (exact) mass is 563 g/mol. The zero-order valence-electron chi connectivity index (χ0n) is 23.2. The lowest BCUT2D eigenvalue weighted by atomic mass is 9.95. The van der Waals surface area contributed by atoms with Crippen molar-refractivity contribution in [2.75, 3.05) is 13.7 Å². The first-order chi connectivity index (χ1) is 19.9. The number of methoxy groups -OCH3 is 1. The van der Waals surface area contributed by atoms with E-state index < -0.39 is 12.0 Å². The molecule has 3 aromatic carbocycles. The molecule has 8 heteroatoms. The lowest BCUT2D eigenvalue weighted by Gasteiger charge is -2.25. The van der Waals surface area contributed by atoms with Crippen LogP contribution in [0.4, 0.5) is 0 Å². The number of carbonyl (C=O) groups is 1. The number of nitrogens with zero attached hydrogens (tertiary/aromatic N) is 2. The van der Waals surface area contributed by atoms with Crippen molar-refractivity contribution in [3.05, 3.63) is 120 Å². The summed E-state index contributed by atoms with van der Waals surface area (Å²) in [6.45, 7) is 5.81. The molecule has 206 valence electrons. The molecule has 7 nitrogen and oxygen atoms in total. The molecule has 1 N–H and O–H groups in total. The number of aromatic nitrogens is 2. The summed E-state index contributed by atoms with van der Waals surface area (Å²) in [7, 11) is 1.58. The number of allylic oxidation sites excluding steroid dienone is 1. The Kier molecular flexibility index (Phi) is 6.93. The molecule has 3 heterocycles. The molecule has 0 fully saturated rings. The van der Waals surface area contributed by atoms with Crippen molar-refractivity contribution in [1.29, 1.82) is 0 Å². The number of benzene rings is 3. The third-order valence-corrected chi connectivity index (χ3v) is 8.35. The van der Waals surface area contributed by atoms with Crippen molar-refractivity contribution < 1.29 is 14.3 Å². The number of hydrogen-bond acceptors (Lipinski definition) is 6. The van der Waals surface area contributed by atoms with E-state index in [9.17, 15) is 9.59 Å². The number of aryl methyl sites for hydroxylation is 1. The van der Waals surface area contributed by atoms with E-state index in [1.54, 1.807) is 25.5 Å². The molecular weight excluding hydrogens is 534 g/mol. The largest absolute Gasteiger partial charge is 0.496 e. The maximum Gasteiger partial charge on any atom is 0.338 e. The van der Waals surface area contributed by atoms with Crippen LogP contribution < -0.4 is 19.6 Å². The number of nitrogens with one attached hydrogen (secondary N) is 1. The predicted octanol–water partition coefficient (Wildman–Crippen LogP) is 5.26. The molecule has 0 amide bonds. The summed E-state index contributed by atoms with van der Waals surface area (Å²) in [6.07, 6.45) is 1.94. The first kappa shape index (κ1) is 26.5. The second kappa shape index (κ2) is 10.7. The van der Waals surface area contributed by atoms with Crippen LogP contribution >= 0.6 is 11.3 Å². The average Bonchev–Trinajstić information content (AvgIpc) is 3.50. The molecule has 41 heavy (non-hydrogen) atoms. The minimum Gasteiger partial charge on any atom is -0.496 e. The Morgan fingerprint density at radius 2 is 1.80 bits per heavy atom. The quantitative estimate of drug-likeness (QED) is 0.286. The fourth-order valence-corrected chi connectivity index (χ4v) is 6.51. The third-order valence-electron chi connectivity index (χ3n) is 7.37. The van der Waals surface area contributed by atoms with Gasteiger partial charge in [0, 0.05) is 22.0 Å². The summed E-state index contributed by atoms with van der Waals surface area (Å²) in [5.41, 5.74) is 6.31. The van der Waals surface area contributed by atoms with Gasteiger partial charge < -0.3 is 14.5 Å². The fourth-order valence-electron chi connectivity index (χ4n) is 5.48. The topological polar surface area (TPSA) is 85.7 Å². The van der Waals surface area contributed by atoms with E-state index in [4.69, 9.17) is 14.5 Å². The molecule has 0 aliphatic carbocycles. The summed E-state index contributed by atoms with van der Waals surface area (Å²) < 4.78 is 13.2. The van der Waals surface area contributed by atoms with E-state index in [1.807, 2.05) is 54.6 Å². The standard InChI is InChI=1S/C33H29N3O4S/c1-5-40-32(38)27-20(3)34-33-36(30(27)23-15-9-10-17-25(23)39-4)31(37)26(41-33)18-24-22-16-11-12-19(2)28(22)35-29(24)21-13-7-6-8-14-21/h6-18,30,35H,5H2,1-4H3/b26-18+/t30-/m0/s1. The molecule has 0 spiro atoms. The highest BCUT2D eigenvalue weighted by atomic mass is 32.1. The number of ether oxygens (including phenoxy) is 2. The lowest BCUT2D eigenvalue weighted by molar-refractivity contribution is -0.139. The number of aromatic amines is 1. The fraction of sp³-hybridized carbons (Fsp3) is 0.182. The van der Waals surface area contributed by atoms with Crippen molar-refractivity contribution in [3.63, 3.8) is 0 Å². The Bertz CT molecular complexity index is 2010. The first-order valence-electron chi connectivity index (χ1n) is 13.4. The molecule has 0 saturated carbocycles. The molecule has 0 radical (unpaired) electrons. The predicted molar refractivity (Wildman–Crippen MR) is 162 cm³/mol. The zero-order chi connectivity index (χ0) is 28.7. The maximum absolute atomic E-state index is 14.3. The van der Waals surface area contributed by atoms with Crippen LogP contribution in [0.15, 0.2) is 93.9 Å². The van der Waals surface area contributed by atoms with Gasteiger partial charge in [0.05, 0.1) is 35.2 Å². The van der Waals surface area contributed by atoms with Crippen LogP contribution in [-0.2, 0) is 9.53 Å². The van der Waals surface area contributed by atoms with Crippen LogP contribution in [0.3, 0.4) is 0 Å². The SMILES string of the molecule is CCOC(=O)C1=C(C)N=c2s/c(=C/c3c(-c4ccccc4)[nH]c4c(C)cccc34)c(=O)n2[C@H]1c1ccccc1OC. The molecule has 6 rings (SSSR count). The van der Waals surface area contributed by atoms with Gasteiger partial charge in [0.2, 0.25) is 0 Å². The number of rotatable bonds is 6. The molecule has 0 bridgehead atoms. The van der Waals surface area contributed by atoms with Crippen molar-refractivity contribution in [2.24, 2.45) is 4.99 Å². The Balaban J connectivity index is 1.64. The Labute approximate surface area is 240 Å². The highest BCUT2D eigenvalue weighted by Gasteiger charge is 2.35. The minimum absolute atomic E-state index is 0.209. The summed E-state index contributed by atoms with van der Waals surface area (Å²) in [4.78, 5) is 36.3. The summed E-state index contributed by atoms with van der Waals surface area (Å²) in [5.74, 6) is 0.0689. The highest BCUT2D eigenvalue weighted by Crippen LogP contribution is 2.36. The van der Waals surface area contributed by atoms with Crippen LogP contribution in [0.5, 0.6) is 5.75 Å². The lowest BCUT2D eigenvalue weighted by Crippen LogP contribution is -2.40. The number of hydrogen-bond donors (Lipinski definition) is 1. The van der Waals surface area contributed by atoms with Gasteiger partial charge in [-0.2, -0.15) is 0 Å². The van der Waals surface area contributed by atoms with Crippen molar-refractivity contribution in [2.45, 2.75) is 26.8 Å². The second-order valence-electron chi connectivity index (χ2n) is 9.82. The maximum atomic E-state index is 14.3. The summed E-state index contributed by atoms with van der Waals surface area (Å²) >= 11 is 1.31. The average molecular weight is 564 g/mol.